The number of nitrogens with zero attached hydrogens (tertiary/aromatic N) is 2. The van der Waals surface area contributed by atoms with Gasteiger partial charge >= 0.3 is 0 Å². The van der Waals surface area contributed by atoms with Crippen LogP contribution < -0.4 is 15.8 Å². The zero-order valence-electron chi connectivity index (χ0n) is 11.9. The van der Waals surface area contributed by atoms with Gasteiger partial charge in [-0.05, 0) is 31.2 Å². The third-order valence-corrected chi connectivity index (χ3v) is 4.44. The fourth-order valence-corrected chi connectivity index (χ4v) is 2.84. The lowest BCUT2D eigenvalue weighted by atomic mass is 10.2. The molecule has 4 N–H and O–H groups in total. The van der Waals surface area contributed by atoms with Crippen molar-refractivity contribution in [2.75, 3.05) is 31.1 Å². The predicted octanol–water partition coefficient (Wildman–Crippen LogP) is -0.670. The quantitative estimate of drug-likeness (QED) is 0.769. The first-order valence-electron chi connectivity index (χ1n) is 6.71. The Morgan fingerprint density at radius 2 is 1.67 bits per heavy atom. The van der Waals surface area contributed by atoms with Gasteiger partial charge in [0.2, 0.25) is 15.9 Å². The van der Waals surface area contributed by atoms with Crippen molar-refractivity contribution in [3.05, 3.63) is 24.3 Å². The molecule has 8 heteroatoms. The lowest BCUT2D eigenvalue weighted by molar-refractivity contribution is -0.132. The van der Waals surface area contributed by atoms with Crippen molar-refractivity contribution in [2.24, 2.45) is 10.9 Å². The minimum atomic E-state index is -3.67. The monoisotopic (exact) mass is 312 g/mol. The number of hydrogen-bond donors (Lipinski definition) is 2. The first-order valence-corrected chi connectivity index (χ1v) is 8.26. The Labute approximate surface area is 124 Å². The predicted molar refractivity (Wildman–Crippen MR) is 80.3 cm³/mol. The first kappa shape index (κ1) is 15.7. The zero-order chi connectivity index (χ0) is 15.6. The second-order valence-electron chi connectivity index (χ2n) is 5.14. The fourth-order valence-electron chi connectivity index (χ4n) is 2.32. The molecular weight excluding hydrogens is 292 g/mol. The van der Waals surface area contributed by atoms with Gasteiger partial charge in [-0.1, -0.05) is 0 Å². The molecule has 1 saturated heterocycles. The van der Waals surface area contributed by atoms with Crippen LogP contribution in [0.5, 0.6) is 0 Å². The molecule has 7 nitrogen and oxygen atoms in total. The number of piperazine rings is 1. The van der Waals surface area contributed by atoms with Crippen LogP contribution in [0.1, 0.15) is 6.92 Å². The summed E-state index contributed by atoms with van der Waals surface area (Å²) in [5, 5.41) is 5.07. The molecule has 1 aliphatic heterocycles. The molecule has 0 unspecified atom stereocenters. The number of nitrogens with two attached hydrogens (primary N) is 2. The lowest BCUT2D eigenvalue weighted by Crippen LogP contribution is -2.52. The highest BCUT2D eigenvalue weighted by Gasteiger charge is 2.23. The van der Waals surface area contributed by atoms with E-state index in [4.69, 9.17) is 10.9 Å². The normalized spacial score (nSPS) is 17.7. The van der Waals surface area contributed by atoms with Crippen molar-refractivity contribution in [3.8, 4) is 0 Å². The number of sulfonamides is 1. The average Bonchev–Trinajstić information content (AvgIpc) is 2.46. The summed E-state index contributed by atoms with van der Waals surface area (Å²) in [4.78, 5) is 15.7. The standard InChI is InChI=1S/C13H20N4O3S/c1-10(14)13(18)17-8-6-16(7-9-17)11-2-4-12(5-3-11)21(15,19)20/h2-5,10H,6-9,14H2,1H3,(H2,15,19,20)/t10-/m0/s1. The Kier molecular flexibility index (Phi) is 4.50. The van der Waals surface area contributed by atoms with Crippen molar-refractivity contribution in [3.63, 3.8) is 0 Å². The summed E-state index contributed by atoms with van der Waals surface area (Å²) in [6.07, 6.45) is 0. The smallest absolute Gasteiger partial charge is 0.239 e. The number of anilines is 1. The fraction of sp³-hybridized carbons (Fsp3) is 0.462. The number of benzene rings is 1. The van der Waals surface area contributed by atoms with Gasteiger partial charge in [0, 0.05) is 31.9 Å². The molecule has 116 valence electrons. The summed E-state index contributed by atoms with van der Waals surface area (Å²) >= 11 is 0. The molecule has 21 heavy (non-hydrogen) atoms. The minimum absolute atomic E-state index is 0.0424. The van der Waals surface area contributed by atoms with E-state index in [-0.39, 0.29) is 10.8 Å². The van der Waals surface area contributed by atoms with Crippen LogP contribution in [-0.2, 0) is 14.8 Å². The molecule has 0 spiro atoms. The summed E-state index contributed by atoms with van der Waals surface area (Å²) in [5.41, 5.74) is 6.51. The van der Waals surface area contributed by atoms with Gasteiger partial charge in [-0.15, -0.1) is 0 Å². The van der Waals surface area contributed by atoms with Crippen molar-refractivity contribution in [1.29, 1.82) is 0 Å². The topological polar surface area (TPSA) is 110 Å². The van der Waals surface area contributed by atoms with Crippen LogP contribution in [-0.4, -0.2) is 51.4 Å². The summed E-state index contributed by atoms with van der Waals surface area (Å²) in [7, 11) is -3.67. The second-order valence-corrected chi connectivity index (χ2v) is 6.70. The maximum absolute atomic E-state index is 11.8. The molecule has 1 fully saturated rings. The Hall–Kier alpha value is -1.64. The maximum atomic E-state index is 11.8. The van der Waals surface area contributed by atoms with Gasteiger partial charge in [0.25, 0.3) is 0 Å². The van der Waals surface area contributed by atoms with Gasteiger partial charge < -0.3 is 15.5 Å². The first-order chi connectivity index (χ1) is 9.79. The van der Waals surface area contributed by atoms with E-state index in [0.717, 1.165) is 5.69 Å². The summed E-state index contributed by atoms with van der Waals surface area (Å²) in [6, 6.07) is 5.95. The molecule has 0 radical (unpaired) electrons. The van der Waals surface area contributed by atoms with Gasteiger partial charge in [-0.2, -0.15) is 0 Å². The third-order valence-electron chi connectivity index (χ3n) is 3.51. The van der Waals surface area contributed by atoms with Crippen molar-refractivity contribution < 1.29 is 13.2 Å². The number of hydrogen-bond acceptors (Lipinski definition) is 5. The van der Waals surface area contributed by atoms with Gasteiger partial charge in [0.15, 0.2) is 0 Å². The zero-order valence-corrected chi connectivity index (χ0v) is 12.7. The molecule has 1 aromatic carbocycles. The molecule has 1 heterocycles. The van der Waals surface area contributed by atoms with Crippen LogP contribution in [0.15, 0.2) is 29.2 Å². The van der Waals surface area contributed by atoms with Crippen LogP contribution in [0.25, 0.3) is 0 Å². The van der Waals surface area contributed by atoms with E-state index in [2.05, 4.69) is 4.90 Å². The Balaban J connectivity index is 2.01. The molecule has 1 atom stereocenters. The number of carbonyl (C=O) groups excluding carboxylic acids is 1. The molecule has 0 aromatic heterocycles. The molecule has 0 saturated carbocycles. The SMILES string of the molecule is C[C@H](N)C(=O)N1CCN(c2ccc(S(N)(=O)=O)cc2)CC1. The highest BCUT2D eigenvalue weighted by Crippen LogP contribution is 2.19. The van der Waals surface area contributed by atoms with E-state index >= 15 is 0 Å². The number of rotatable bonds is 3. The number of carbonyl (C=O) groups is 1. The number of amides is 1. The lowest BCUT2D eigenvalue weighted by Gasteiger charge is -2.36. The molecule has 0 bridgehead atoms. The molecule has 1 aromatic rings. The Morgan fingerprint density at radius 1 is 1.14 bits per heavy atom. The van der Waals surface area contributed by atoms with Crippen LogP contribution in [0.3, 0.4) is 0 Å². The van der Waals surface area contributed by atoms with E-state index in [1.165, 1.54) is 12.1 Å². The minimum Gasteiger partial charge on any atom is -0.368 e. The number of primary sulfonamides is 1. The average molecular weight is 312 g/mol. The van der Waals surface area contributed by atoms with Crippen LogP contribution in [0, 0.1) is 0 Å². The highest BCUT2D eigenvalue weighted by atomic mass is 32.2. The Bertz CT molecular complexity index is 605. The van der Waals surface area contributed by atoms with Crippen molar-refractivity contribution in [2.45, 2.75) is 17.9 Å². The molecule has 1 amide bonds. The van der Waals surface area contributed by atoms with Gasteiger partial charge in [0.1, 0.15) is 0 Å². The van der Waals surface area contributed by atoms with Gasteiger partial charge in [-0.3, -0.25) is 4.79 Å². The van der Waals surface area contributed by atoms with Crippen LogP contribution >= 0.6 is 0 Å². The van der Waals surface area contributed by atoms with Crippen LogP contribution in [0.4, 0.5) is 5.69 Å². The van der Waals surface area contributed by atoms with Crippen molar-refractivity contribution in [1.82, 2.24) is 4.90 Å². The summed E-state index contributed by atoms with van der Waals surface area (Å²) in [5.74, 6) is -0.0424. The van der Waals surface area contributed by atoms with Gasteiger partial charge in [-0.25, -0.2) is 13.6 Å². The third kappa shape index (κ3) is 3.72. The van der Waals surface area contributed by atoms with E-state index in [0.29, 0.717) is 26.2 Å². The summed E-state index contributed by atoms with van der Waals surface area (Å²) < 4.78 is 22.4. The van der Waals surface area contributed by atoms with E-state index < -0.39 is 16.1 Å². The van der Waals surface area contributed by atoms with E-state index in [1.54, 1.807) is 24.0 Å². The molecule has 2 rings (SSSR count). The largest absolute Gasteiger partial charge is 0.368 e. The molecule has 0 aliphatic carbocycles. The molecular formula is C13H20N4O3S. The van der Waals surface area contributed by atoms with E-state index in [9.17, 15) is 13.2 Å². The van der Waals surface area contributed by atoms with Gasteiger partial charge in [0.05, 0.1) is 10.9 Å². The Morgan fingerprint density at radius 3 is 2.10 bits per heavy atom. The van der Waals surface area contributed by atoms with Crippen LogP contribution in [0.2, 0.25) is 0 Å². The summed E-state index contributed by atoms with van der Waals surface area (Å²) in [6.45, 7) is 4.27. The van der Waals surface area contributed by atoms with Crippen molar-refractivity contribution >= 4 is 21.6 Å². The second kappa shape index (κ2) is 6.00. The highest BCUT2D eigenvalue weighted by molar-refractivity contribution is 7.89. The molecule has 1 aliphatic rings. The maximum Gasteiger partial charge on any atom is 0.239 e. The van der Waals surface area contributed by atoms with E-state index in [1.807, 2.05) is 0 Å².